The zero-order valence-electron chi connectivity index (χ0n) is 10.8. The van der Waals surface area contributed by atoms with Gasteiger partial charge in [-0.3, -0.25) is 0 Å². The quantitative estimate of drug-likeness (QED) is 0.795. The van der Waals surface area contributed by atoms with Crippen molar-refractivity contribution in [3.63, 3.8) is 0 Å². The van der Waals surface area contributed by atoms with Gasteiger partial charge in [0.25, 0.3) is 0 Å². The molecule has 21 heavy (non-hydrogen) atoms. The summed E-state index contributed by atoms with van der Waals surface area (Å²) in [4.78, 5) is 4.26. The van der Waals surface area contributed by atoms with Crippen LogP contribution in [0.3, 0.4) is 0 Å². The van der Waals surface area contributed by atoms with Gasteiger partial charge in [-0.25, -0.2) is 4.98 Å². The Morgan fingerprint density at radius 3 is 2.76 bits per heavy atom. The summed E-state index contributed by atoms with van der Waals surface area (Å²) in [5.41, 5.74) is 7.36. The summed E-state index contributed by atoms with van der Waals surface area (Å²) in [7, 11) is 0. The molecule has 0 radical (unpaired) electrons. The molecule has 2 heterocycles. The molecule has 0 fully saturated rings. The molecule has 2 aromatic heterocycles. The van der Waals surface area contributed by atoms with E-state index in [-0.39, 0.29) is 0 Å². The molecule has 1 aromatic carbocycles. The van der Waals surface area contributed by atoms with E-state index in [1.807, 2.05) is 30.3 Å². The molecule has 0 atom stereocenters. The van der Waals surface area contributed by atoms with Crippen LogP contribution >= 0.6 is 23.4 Å². The molecule has 0 unspecified atom stereocenters. The minimum absolute atomic E-state index is 0.360. The third kappa shape index (κ3) is 2.90. The first-order valence-electron chi connectivity index (χ1n) is 6.14. The van der Waals surface area contributed by atoms with Crippen LogP contribution in [-0.2, 0) is 6.54 Å². The molecule has 0 amide bonds. The molecule has 2 N–H and O–H groups in total. The number of hydrogen-bond donors (Lipinski definition) is 1. The first kappa shape index (κ1) is 14.0. The van der Waals surface area contributed by atoms with Crippen molar-refractivity contribution in [2.45, 2.75) is 16.7 Å². The molecule has 106 valence electrons. The first-order valence-corrected chi connectivity index (χ1v) is 7.34. The Labute approximate surface area is 130 Å². The minimum atomic E-state index is 0.360. The van der Waals surface area contributed by atoms with Crippen molar-refractivity contribution in [2.24, 2.45) is 5.73 Å². The molecule has 6 nitrogen and oxygen atoms in total. The van der Waals surface area contributed by atoms with Gasteiger partial charge in [-0.15, -0.1) is 5.10 Å². The van der Waals surface area contributed by atoms with Crippen molar-refractivity contribution in [1.82, 2.24) is 25.2 Å². The third-order valence-electron chi connectivity index (χ3n) is 2.79. The lowest BCUT2D eigenvalue weighted by Crippen LogP contribution is -2.01. The van der Waals surface area contributed by atoms with E-state index in [0.29, 0.717) is 21.7 Å². The number of nitrogens with two attached hydrogens (primary N) is 1. The van der Waals surface area contributed by atoms with Crippen LogP contribution in [0.2, 0.25) is 5.02 Å². The fourth-order valence-electron chi connectivity index (χ4n) is 1.75. The predicted molar refractivity (Wildman–Crippen MR) is 80.4 cm³/mol. The third-order valence-corrected chi connectivity index (χ3v) is 4.26. The number of para-hydroxylation sites is 1. The van der Waals surface area contributed by atoms with Crippen LogP contribution in [0.25, 0.3) is 5.69 Å². The fourth-order valence-corrected chi connectivity index (χ4v) is 2.87. The molecular weight excluding hydrogens is 308 g/mol. The van der Waals surface area contributed by atoms with E-state index in [4.69, 9.17) is 17.3 Å². The van der Waals surface area contributed by atoms with Crippen molar-refractivity contribution in [2.75, 3.05) is 0 Å². The molecule has 0 bridgehead atoms. The minimum Gasteiger partial charge on any atom is -0.326 e. The molecule has 0 aliphatic carbocycles. The van der Waals surface area contributed by atoms with Crippen LogP contribution < -0.4 is 5.73 Å². The van der Waals surface area contributed by atoms with Gasteiger partial charge in [0.05, 0.1) is 10.7 Å². The highest BCUT2D eigenvalue weighted by molar-refractivity contribution is 7.99. The molecule has 3 aromatic rings. The number of pyridine rings is 1. The Morgan fingerprint density at radius 1 is 1.19 bits per heavy atom. The lowest BCUT2D eigenvalue weighted by molar-refractivity contribution is 0.756. The van der Waals surface area contributed by atoms with E-state index < -0.39 is 0 Å². The first-order chi connectivity index (χ1) is 10.3. The summed E-state index contributed by atoms with van der Waals surface area (Å²) in [6.45, 7) is 0.360. The van der Waals surface area contributed by atoms with Crippen molar-refractivity contribution in [3.8, 4) is 5.69 Å². The summed E-state index contributed by atoms with van der Waals surface area (Å²) in [5, 5.41) is 13.5. The van der Waals surface area contributed by atoms with Gasteiger partial charge < -0.3 is 5.73 Å². The zero-order valence-corrected chi connectivity index (χ0v) is 12.4. The Morgan fingerprint density at radius 2 is 2.00 bits per heavy atom. The van der Waals surface area contributed by atoms with Crippen LogP contribution in [0.1, 0.15) is 5.56 Å². The van der Waals surface area contributed by atoms with Crippen LogP contribution in [0, 0.1) is 0 Å². The smallest absolute Gasteiger partial charge is 0.220 e. The molecule has 0 aliphatic rings. The second kappa shape index (κ2) is 6.21. The lowest BCUT2D eigenvalue weighted by atomic mass is 10.3. The maximum Gasteiger partial charge on any atom is 0.220 e. The van der Waals surface area contributed by atoms with E-state index in [0.717, 1.165) is 11.3 Å². The Kier molecular flexibility index (Phi) is 4.14. The van der Waals surface area contributed by atoms with Crippen molar-refractivity contribution < 1.29 is 0 Å². The van der Waals surface area contributed by atoms with Gasteiger partial charge in [-0.1, -0.05) is 29.8 Å². The predicted octanol–water partition coefficient (Wildman–Crippen LogP) is 2.32. The number of rotatable bonds is 4. The lowest BCUT2D eigenvalue weighted by Gasteiger charge is -2.07. The molecular formula is C13H11ClN6S. The van der Waals surface area contributed by atoms with E-state index >= 15 is 0 Å². The fraction of sp³-hybridized carbons (Fsp3) is 0.0769. The van der Waals surface area contributed by atoms with Crippen LogP contribution in [-0.4, -0.2) is 25.2 Å². The van der Waals surface area contributed by atoms with Crippen molar-refractivity contribution in [1.29, 1.82) is 0 Å². The molecule has 0 saturated carbocycles. The van der Waals surface area contributed by atoms with Gasteiger partial charge in [0.15, 0.2) is 0 Å². The molecule has 3 rings (SSSR count). The number of aromatic nitrogens is 5. The van der Waals surface area contributed by atoms with Gasteiger partial charge in [-0.2, -0.15) is 4.68 Å². The maximum atomic E-state index is 6.28. The number of tetrazole rings is 1. The largest absolute Gasteiger partial charge is 0.326 e. The van der Waals surface area contributed by atoms with E-state index in [2.05, 4.69) is 20.5 Å². The molecule has 8 heteroatoms. The van der Waals surface area contributed by atoms with Crippen molar-refractivity contribution >= 4 is 23.4 Å². The van der Waals surface area contributed by atoms with Crippen molar-refractivity contribution in [3.05, 3.63) is 53.2 Å². The topological polar surface area (TPSA) is 82.5 Å². The number of hydrogen-bond acceptors (Lipinski definition) is 6. The van der Waals surface area contributed by atoms with Gasteiger partial charge in [-0.05, 0) is 46.0 Å². The molecule has 0 saturated heterocycles. The normalized spacial score (nSPS) is 10.8. The highest BCUT2D eigenvalue weighted by Gasteiger charge is 2.14. The highest BCUT2D eigenvalue weighted by Crippen LogP contribution is 2.32. The van der Waals surface area contributed by atoms with E-state index in [9.17, 15) is 0 Å². The number of benzene rings is 1. The molecule has 0 aliphatic heterocycles. The molecule has 0 spiro atoms. The van der Waals surface area contributed by atoms with Gasteiger partial charge in [0.2, 0.25) is 5.16 Å². The van der Waals surface area contributed by atoms with Crippen LogP contribution in [0.15, 0.2) is 52.8 Å². The average molecular weight is 319 g/mol. The van der Waals surface area contributed by atoms with Gasteiger partial charge >= 0.3 is 0 Å². The average Bonchev–Trinajstić information content (AvgIpc) is 2.98. The van der Waals surface area contributed by atoms with Gasteiger partial charge in [0, 0.05) is 12.7 Å². The highest BCUT2D eigenvalue weighted by atomic mass is 35.5. The van der Waals surface area contributed by atoms with Crippen LogP contribution in [0.4, 0.5) is 0 Å². The monoisotopic (exact) mass is 318 g/mol. The summed E-state index contributed by atoms with van der Waals surface area (Å²) in [6, 6.07) is 11.4. The summed E-state index contributed by atoms with van der Waals surface area (Å²) in [5.74, 6) is 0. The summed E-state index contributed by atoms with van der Waals surface area (Å²) >= 11 is 7.58. The zero-order chi connectivity index (χ0) is 14.7. The van der Waals surface area contributed by atoms with Crippen LogP contribution in [0.5, 0.6) is 0 Å². The Bertz CT molecular complexity index is 745. The Hall–Kier alpha value is -1.96. The van der Waals surface area contributed by atoms with E-state index in [1.165, 1.54) is 11.8 Å². The second-order valence-corrected chi connectivity index (χ2v) is 5.44. The van der Waals surface area contributed by atoms with Gasteiger partial charge in [0.1, 0.15) is 5.03 Å². The number of nitrogens with zero attached hydrogens (tertiary/aromatic N) is 5. The number of halogens is 1. The Balaban J connectivity index is 1.96. The standard InChI is InChI=1S/C13H11ClN6S/c14-11-9(8-15)6-7-16-12(11)21-13-17-18-19-20(13)10-4-2-1-3-5-10/h1-7H,8,15H2. The second-order valence-electron chi connectivity index (χ2n) is 4.10. The SMILES string of the molecule is NCc1ccnc(Sc2nnnn2-c2ccccc2)c1Cl. The maximum absolute atomic E-state index is 6.28. The summed E-state index contributed by atoms with van der Waals surface area (Å²) < 4.78 is 1.64. The summed E-state index contributed by atoms with van der Waals surface area (Å²) in [6.07, 6.45) is 1.67. The van der Waals surface area contributed by atoms with E-state index in [1.54, 1.807) is 16.9 Å².